The van der Waals surface area contributed by atoms with Crippen molar-refractivity contribution >= 4 is 23.4 Å². The Morgan fingerprint density at radius 3 is 2.53 bits per heavy atom. The highest BCUT2D eigenvalue weighted by atomic mass is 35.5. The van der Waals surface area contributed by atoms with Gasteiger partial charge >= 0.3 is 5.97 Å². The summed E-state index contributed by atoms with van der Waals surface area (Å²) in [5.41, 5.74) is 1.55. The molecule has 19 heavy (non-hydrogen) atoms. The molecule has 1 heterocycles. The summed E-state index contributed by atoms with van der Waals surface area (Å²) < 4.78 is 4.72. The molecule has 2 atom stereocenters. The molecule has 1 aliphatic rings. The fourth-order valence-corrected chi connectivity index (χ4v) is 2.29. The van der Waals surface area contributed by atoms with Gasteiger partial charge in [-0.15, -0.1) is 0 Å². The Kier molecular flexibility index (Phi) is 3.90. The number of hydrogen-bond acceptors (Lipinski definition) is 4. The zero-order valence-corrected chi connectivity index (χ0v) is 11.4. The van der Waals surface area contributed by atoms with Crippen LogP contribution in [0.2, 0.25) is 5.02 Å². The molecule has 1 N–H and O–H groups in total. The molecule has 0 spiro atoms. The molecule has 100 valence electrons. The van der Waals surface area contributed by atoms with E-state index in [1.807, 2.05) is 0 Å². The molecule has 2 rings (SSSR count). The molecule has 0 saturated carbocycles. The standard InChI is InChI=1S/C14H14ClNO3/c1-8-7-11(17)12(14(18)19-2)13(16-8)9-3-5-10(15)6-4-9/h3-7,12-13,16H,1-2H3/t12-,13+/m0/s1. The monoisotopic (exact) mass is 279 g/mol. The highest BCUT2D eigenvalue weighted by molar-refractivity contribution is 6.30. The third-order valence-corrected chi connectivity index (χ3v) is 3.32. The number of halogens is 1. The van der Waals surface area contributed by atoms with Gasteiger partial charge in [0, 0.05) is 16.8 Å². The van der Waals surface area contributed by atoms with Gasteiger partial charge in [0.1, 0.15) is 5.92 Å². The summed E-state index contributed by atoms with van der Waals surface area (Å²) >= 11 is 5.84. The van der Waals surface area contributed by atoms with Crippen molar-refractivity contribution in [1.29, 1.82) is 0 Å². The predicted molar refractivity (Wildman–Crippen MR) is 71.6 cm³/mol. The maximum Gasteiger partial charge on any atom is 0.319 e. The summed E-state index contributed by atoms with van der Waals surface area (Å²) in [5, 5.41) is 3.75. The largest absolute Gasteiger partial charge is 0.468 e. The van der Waals surface area contributed by atoms with Crippen LogP contribution in [0.4, 0.5) is 0 Å². The minimum Gasteiger partial charge on any atom is -0.468 e. The summed E-state index contributed by atoms with van der Waals surface area (Å²) in [6.07, 6.45) is 1.42. The average molecular weight is 280 g/mol. The van der Waals surface area contributed by atoms with E-state index >= 15 is 0 Å². The van der Waals surface area contributed by atoms with Gasteiger partial charge in [-0.25, -0.2) is 0 Å². The third-order valence-electron chi connectivity index (χ3n) is 3.07. The minimum atomic E-state index is -0.866. The first kappa shape index (κ1) is 13.6. The van der Waals surface area contributed by atoms with Gasteiger partial charge in [0.25, 0.3) is 0 Å². The zero-order chi connectivity index (χ0) is 14.0. The Hall–Kier alpha value is -1.81. The number of allylic oxidation sites excluding steroid dienone is 2. The fraction of sp³-hybridized carbons (Fsp3) is 0.286. The van der Waals surface area contributed by atoms with Crippen LogP contribution in [0.15, 0.2) is 36.0 Å². The van der Waals surface area contributed by atoms with Crippen LogP contribution in [0.5, 0.6) is 0 Å². The van der Waals surface area contributed by atoms with Crippen LogP contribution >= 0.6 is 11.6 Å². The second-order valence-corrected chi connectivity index (χ2v) is 4.84. The number of benzene rings is 1. The first-order valence-corrected chi connectivity index (χ1v) is 6.22. The van der Waals surface area contributed by atoms with Gasteiger partial charge in [-0.2, -0.15) is 0 Å². The summed E-state index contributed by atoms with van der Waals surface area (Å²) in [4.78, 5) is 23.8. The molecule has 0 bridgehead atoms. The van der Waals surface area contributed by atoms with Crippen molar-refractivity contribution in [2.45, 2.75) is 13.0 Å². The van der Waals surface area contributed by atoms with Crippen molar-refractivity contribution in [3.8, 4) is 0 Å². The molecule has 1 aromatic carbocycles. The lowest BCUT2D eigenvalue weighted by molar-refractivity contribution is -0.149. The summed E-state index contributed by atoms with van der Waals surface area (Å²) in [6.45, 7) is 1.79. The van der Waals surface area contributed by atoms with Crippen LogP contribution in [0, 0.1) is 5.92 Å². The topological polar surface area (TPSA) is 55.4 Å². The van der Waals surface area contributed by atoms with E-state index in [1.165, 1.54) is 13.2 Å². The first-order chi connectivity index (χ1) is 9.02. The number of carbonyl (C=O) groups excluding carboxylic acids is 2. The van der Waals surface area contributed by atoms with E-state index < -0.39 is 17.9 Å². The highest BCUT2D eigenvalue weighted by Gasteiger charge is 2.38. The first-order valence-electron chi connectivity index (χ1n) is 5.85. The number of ether oxygens (including phenoxy) is 1. The third kappa shape index (κ3) is 2.79. The van der Waals surface area contributed by atoms with Gasteiger partial charge < -0.3 is 10.1 Å². The highest BCUT2D eigenvalue weighted by Crippen LogP contribution is 2.29. The molecule has 0 unspecified atom stereocenters. The second kappa shape index (κ2) is 5.45. The van der Waals surface area contributed by atoms with Crippen molar-refractivity contribution in [2.75, 3.05) is 7.11 Å². The molecule has 1 aromatic rings. The molecule has 0 aromatic heterocycles. The molecule has 5 heteroatoms. The Labute approximate surface area is 116 Å². The van der Waals surface area contributed by atoms with E-state index in [0.29, 0.717) is 5.02 Å². The van der Waals surface area contributed by atoms with Crippen molar-refractivity contribution in [3.63, 3.8) is 0 Å². The van der Waals surface area contributed by atoms with E-state index in [4.69, 9.17) is 16.3 Å². The fourth-order valence-electron chi connectivity index (χ4n) is 2.16. The van der Waals surface area contributed by atoms with Gasteiger partial charge in [0.2, 0.25) is 0 Å². The molecule has 4 nitrogen and oxygen atoms in total. The van der Waals surface area contributed by atoms with Gasteiger partial charge in [-0.3, -0.25) is 9.59 Å². The maximum absolute atomic E-state index is 12.0. The summed E-state index contributed by atoms with van der Waals surface area (Å²) in [7, 11) is 1.28. The van der Waals surface area contributed by atoms with Crippen molar-refractivity contribution in [1.82, 2.24) is 5.32 Å². The Balaban J connectivity index is 2.40. The minimum absolute atomic E-state index is 0.247. The van der Waals surface area contributed by atoms with Crippen LogP contribution in [0.3, 0.4) is 0 Å². The Morgan fingerprint density at radius 1 is 1.32 bits per heavy atom. The van der Waals surface area contributed by atoms with Crippen LogP contribution in [0.1, 0.15) is 18.5 Å². The molecule has 0 radical (unpaired) electrons. The molecular formula is C14H14ClNO3. The zero-order valence-electron chi connectivity index (χ0n) is 10.6. The molecule has 0 fully saturated rings. The van der Waals surface area contributed by atoms with Crippen LogP contribution in [0.25, 0.3) is 0 Å². The van der Waals surface area contributed by atoms with Crippen molar-refractivity contribution in [3.05, 3.63) is 46.6 Å². The van der Waals surface area contributed by atoms with E-state index in [0.717, 1.165) is 11.3 Å². The number of rotatable bonds is 2. The second-order valence-electron chi connectivity index (χ2n) is 4.40. The number of methoxy groups -OCH3 is 1. The summed E-state index contributed by atoms with van der Waals surface area (Å²) in [6, 6.07) is 6.61. The van der Waals surface area contributed by atoms with Crippen molar-refractivity contribution in [2.24, 2.45) is 5.92 Å². The number of nitrogens with one attached hydrogen (secondary N) is 1. The van der Waals surface area contributed by atoms with Gasteiger partial charge in [0.05, 0.1) is 13.2 Å². The van der Waals surface area contributed by atoms with Crippen LogP contribution < -0.4 is 5.32 Å². The molecule has 0 amide bonds. The lowest BCUT2D eigenvalue weighted by Crippen LogP contribution is -2.41. The SMILES string of the molecule is COC(=O)[C@H]1C(=O)C=C(C)N[C@@H]1c1ccc(Cl)cc1. The van der Waals surface area contributed by atoms with E-state index in [2.05, 4.69) is 5.32 Å². The molecule has 1 aliphatic heterocycles. The number of esters is 1. The quantitative estimate of drug-likeness (QED) is 0.666. The number of hydrogen-bond donors (Lipinski definition) is 1. The lowest BCUT2D eigenvalue weighted by Gasteiger charge is -2.29. The number of ketones is 1. The maximum atomic E-state index is 12.0. The van der Waals surface area contributed by atoms with E-state index in [9.17, 15) is 9.59 Å². The predicted octanol–water partition coefficient (Wildman–Crippen LogP) is 2.25. The summed E-state index contributed by atoms with van der Waals surface area (Å²) in [5.74, 6) is -1.65. The van der Waals surface area contributed by atoms with Gasteiger partial charge in [-0.05, 0) is 24.6 Å². The van der Waals surface area contributed by atoms with Gasteiger partial charge in [0.15, 0.2) is 5.78 Å². The van der Waals surface area contributed by atoms with Crippen molar-refractivity contribution < 1.29 is 14.3 Å². The Morgan fingerprint density at radius 2 is 1.95 bits per heavy atom. The normalized spacial score (nSPS) is 22.5. The molecule has 0 saturated heterocycles. The van der Waals surface area contributed by atoms with Crippen LogP contribution in [-0.4, -0.2) is 18.9 Å². The van der Waals surface area contributed by atoms with Crippen LogP contribution in [-0.2, 0) is 14.3 Å². The lowest BCUT2D eigenvalue weighted by atomic mass is 9.86. The Bertz CT molecular complexity index is 536. The van der Waals surface area contributed by atoms with E-state index in [-0.39, 0.29) is 5.78 Å². The molecule has 0 aliphatic carbocycles. The molecular weight excluding hydrogens is 266 g/mol. The number of carbonyl (C=O) groups is 2. The smallest absolute Gasteiger partial charge is 0.319 e. The van der Waals surface area contributed by atoms with E-state index in [1.54, 1.807) is 31.2 Å². The average Bonchev–Trinajstić information content (AvgIpc) is 2.38. The van der Waals surface area contributed by atoms with Gasteiger partial charge in [-0.1, -0.05) is 23.7 Å².